The van der Waals surface area contributed by atoms with Gasteiger partial charge in [0.05, 0.1) is 0 Å². The van der Waals surface area contributed by atoms with Crippen LogP contribution in [0.2, 0.25) is 0 Å². The Balaban J connectivity index is 2.25. The minimum absolute atomic E-state index is 0.212. The molecular formula is C12H15F2N. The third-order valence-corrected chi connectivity index (χ3v) is 3.01. The average molecular weight is 211 g/mol. The summed E-state index contributed by atoms with van der Waals surface area (Å²) in [6.45, 7) is 1.87. The largest absolute Gasteiger partial charge is 0.317 e. The molecule has 1 heterocycles. The monoisotopic (exact) mass is 211 g/mol. The molecule has 1 aromatic rings. The summed E-state index contributed by atoms with van der Waals surface area (Å²) < 4.78 is 25.5. The summed E-state index contributed by atoms with van der Waals surface area (Å²) in [5, 5.41) is 3.25. The maximum atomic E-state index is 12.8. The zero-order chi connectivity index (χ0) is 10.7. The molecule has 1 aliphatic heterocycles. The van der Waals surface area contributed by atoms with Crippen molar-refractivity contribution in [1.29, 1.82) is 0 Å². The van der Waals surface area contributed by atoms with Gasteiger partial charge in [-0.05, 0) is 37.4 Å². The number of halogens is 2. The first-order valence-corrected chi connectivity index (χ1v) is 5.36. The SMILES string of the molecule is FC(F)c1ccccc1C1CCNCC1. The molecule has 82 valence electrons. The topological polar surface area (TPSA) is 12.0 Å². The lowest BCUT2D eigenvalue weighted by Gasteiger charge is -2.24. The van der Waals surface area contributed by atoms with E-state index in [1.807, 2.05) is 12.1 Å². The van der Waals surface area contributed by atoms with Gasteiger partial charge in [-0.2, -0.15) is 0 Å². The van der Waals surface area contributed by atoms with Crippen LogP contribution in [0.5, 0.6) is 0 Å². The average Bonchev–Trinajstić information content (AvgIpc) is 2.30. The van der Waals surface area contributed by atoms with Gasteiger partial charge in [-0.1, -0.05) is 24.3 Å². The number of alkyl halides is 2. The van der Waals surface area contributed by atoms with E-state index in [0.717, 1.165) is 31.5 Å². The van der Waals surface area contributed by atoms with Crippen LogP contribution in [-0.4, -0.2) is 13.1 Å². The minimum atomic E-state index is -2.35. The molecule has 2 rings (SSSR count). The van der Waals surface area contributed by atoms with Gasteiger partial charge in [-0.3, -0.25) is 0 Å². The smallest absolute Gasteiger partial charge is 0.264 e. The molecule has 0 amide bonds. The summed E-state index contributed by atoms with van der Waals surface area (Å²) in [4.78, 5) is 0. The van der Waals surface area contributed by atoms with Gasteiger partial charge in [0.15, 0.2) is 0 Å². The first kappa shape index (κ1) is 10.6. The summed E-state index contributed by atoms with van der Waals surface area (Å²) in [6, 6.07) is 6.93. The van der Waals surface area contributed by atoms with Gasteiger partial charge >= 0.3 is 0 Å². The Morgan fingerprint density at radius 1 is 1.13 bits per heavy atom. The molecule has 0 saturated carbocycles. The van der Waals surface area contributed by atoms with Crippen molar-refractivity contribution >= 4 is 0 Å². The zero-order valence-electron chi connectivity index (χ0n) is 8.55. The second-order valence-corrected chi connectivity index (χ2v) is 3.95. The van der Waals surface area contributed by atoms with Gasteiger partial charge in [0.1, 0.15) is 0 Å². The van der Waals surface area contributed by atoms with E-state index in [1.165, 1.54) is 0 Å². The normalized spacial score (nSPS) is 18.3. The molecule has 1 N–H and O–H groups in total. The maximum Gasteiger partial charge on any atom is 0.264 e. The van der Waals surface area contributed by atoms with Crippen molar-refractivity contribution < 1.29 is 8.78 Å². The van der Waals surface area contributed by atoms with Crippen LogP contribution in [0.1, 0.15) is 36.3 Å². The molecule has 3 heteroatoms. The fraction of sp³-hybridized carbons (Fsp3) is 0.500. The summed E-state index contributed by atoms with van der Waals surface area (Å²) in [6.07, 6.45) is -0.427. The van der Waals surface area contributed by atoms with Crippen molar-refractivity contribution in [3.05, 3.63) is 35.4 Å². The molecule has 1 fully saturated rings. The highest BCUT2D eigenvalue weighted by molar-refractivity contribution is 5.31. The summed E-state index contributed by atoms with van der Waals surface area (Å²) in [7, 11) is 0. The van der Waals surface area contributed by atoms with E-state index < -0.39 is 6.43 Å². The van der Waals surface area contributed by atoms with Crippen LogP contribution >= 0.6 is 0 Å². The number of hydrogen-bond acceptors (Lipinski definition) is 1. The molecule has 1 aromatic carbocycles. The number of rotatable bonds is 2. The predicted octanol–water partition coefficient (Wildman–Crippen LogP) is 3.09. The van der Waals surface area contributed by atoms with Crippen molar-refractivity contribution in [2.24, 2.45) is 0 Å². The predicted molar refractivity (Wildman–Crippen MR) is 56.2 cm³/mol. The molecular weight excluding hydrogens is 196 g/mol. The lowest BCUT2D eigenvalue weighted by molar-refractivity contribution is 0.149. The van der Waals surface area contributed by atoms with Crippen LogP contribution in [-0.2, 0) is 0 Å². The molecule has 0 bridgehead atoms. The van der Waals surface area contributed by atoms with Crippen molar-refractivity contribution in [3.63, 3.8) is 0 Å². The number of hydrogen-bond donors (Lipinski definition) is 1. The first-order valence-electron chi connectivity index (χ1n) is 5.36. The van der Waals surface area contributed by atoms with E-state index in [4.69, 9.17) is 0 Å². The first-order chi connectivity index (χ1) is 7.29. The summed E-state index contributed by atoms with van der Waals surface area (Å²) >= 11 is 0. The zero-order valence-corrected chi connectivity index (χ0v) is 8.55. The lowest BCUT2D eigenvalue weighted by atomic mass is 9.87. The van der Waals surface area contributed by atoms with E-state index >= 15 is 0 Å². The van der Waals surface area contributed by atoms with Gasteiger partial charge < -0.3 is 5.32 Å². The highest BCUT2D eigenvalue weighted by Crippen LogP contribution is 2.32. The summed E-state index contributed by atoms with van der Waals surface area (Å²) in [5.74, 6) is 0.302. The van der Waals surface area contributed by atoms with Gasteiger partial charge in [-0.15, -0.1) is 0 Å². The van der Waals surface area contributed by atoms with Crippen LogP contribution in [0.4, 0.5) is 8.78 Å². The van der Waals surface area contributed by atoms with Gasteiger partial charge in [0, 0.05) is 5.56 Å². The van der Waals surface area contributed by atoms with E-state index in [0.29, 0.717) is 5.92 Å². The minimum Gasteiger partial charge on any atom is -0.317 e. The fourth-order valence-electron chi connectivity index (χ4n) is 2.21. The standard InChI is InChI=1S/C12H15F2N/c13-12(14)11-4-2-1-3-10(11)9-5-7-15-8-6-9/h1-4,9,12,15H,5-8H2. The van der Waals surface area contributed by atoms with Gasteiger partial charge in [0.25, 0.3) is 6.43 Å². The third kappa shape index (κ3) is 2.34. The molecule has 0 radical (unpaired) electrons. The van der Waals surface area contributed by atoms with Gasteiger partial charge in [-0.25, -0.2) is 8.78 Å². The van der Waals surface area contributed by atoms with E-state index in [2.05, 4.69) is 5.32 Å². The molecule has 1 saturated heterocycles. The van der Waals surface area contributed by atoms with Gasteiger partial charge in [0.2, 0.25) is 0 Å². The van der Waals surface area contributed by atoms with E-state index in [-0.39, 0.29) is 5.56 Å². The van der Waals surface area contributed by atoms with Crippen LogP contribution in [0.25, 0.3) is 0 Å². The van der Waals surface area contributed by atoms with Crippen LogP contribution < -0.4 is 5.32 Å². The van der Waals surface area contributed by atoms with Crippen molar-refractivity contribution in [2.75, 3.05) is 13.1 Å². The van der Waals surface area contributed by atoms with Crippen LogP contribution in [0, 0.1) is 0 Å². The van der Waals surface area contributed by atoms with Crippen molar-refractivity contribution in [3.8, 4) is 0 Å². The Morgan fingerprint density at radius 2 is 1.80 bits per heavy atom. The third-order valence-electron chi connectivity index (χ3n) is 3.01. The molecule has 1 nitrogen and oxygen atoms in total. The highest BCUT2D eigenvalue weighted by Gasteiger charge is 2.21. The highest BCUT2D eigenvalue weighted by atomic mass is 19.3. The Morgan fingerprint density at radius 3 is 2.47 bits per heavy atom. The maximum absolute atomic E-state index is 12.8. The Bertz CT molecular complexity index is 319. The second-order valence-electron chi connectivity index (χ2n) is 3.95. The van der Waals surface area contributed by atoms with Crippen molar-refractivity contribution in [2.45, 2.75) is 25.2 Å². The Labute approximate surface area is 88.5 Å². The Hall–Kier alpha value is -0.960. The number of benzene rings is 1. The molecule has 1 aliphatic rings. The van der Waals surface area contributed by atoms with E-state index in [1.54, 1.807) is 12.1 Å². The number of piperidine rings is 1. The molecule has 15 heavy (non-hydrogen) atoms. The quantitative estimate of drug-likeness (QED) is 0.792. The second kappa shape index (κ2) is 4.71. The number of nitrogens with one attached hydrogen (secondary N) is 1. The fourth-order valence-corrected chi connectivity index (χ4v) is 2.21. The van der Waals surface area contributed by atoms with E-state index in [9.17, 15) is 8.78 Å². The molecule has 0 spiro atoms. The summed E-state index contributed by atoms with van der Waals surface area (Å²) in [5.41, 5.74) is 1.05. The Kier molecular flexibility index (Phi) is 3.31. The molecule has 0 atom stereocenters. The van der Waals surface area contributed by atoms with Crippen LogP contribution in [0.15, 0.2) is 24.3 Å². The van der Waals surface area contributed by atoms with Crippen molar-refractivity contribution in [1.82, 2.24) is 5.32 Å². The molecule has 0 unspecified atom stereocenters. The molecule has 0 aliphatic carbocycles. The lowest BCUT2D eigenvalue weighted by Crippen LogP contribution is -2.27. The van der Waals surface area contributed by atoms with Crippen LogP contribution in [0.3, 0.4) is 0 Å². The molecule has 0 aromatic heterocycles.